The molecule has 9 nitrogen and oxygen atoms in total. The molecule has 5 N–H and O–H groups in total. The van der Waals surface area contributed by atoms with Crippen LogP contribution in [0.2, 0.25) is 0 Å². The summed E-state index contributed by atoms with van der Waals surface area (Å²) in [6.45, 7) is 1.85. The van der Waals surface area contributed by atoms with Gasteiger partial charge in [0.15, 0.2) is 5.96 Å². The lowest BCUT2D eigenvalue weighted by Gasteiger charge is -2.17. The topological polar surface area (TPSA) is 159 Å². The van der Waals surface area contributed by atoms with Crippen LogP contribution >= 0.6 is 11.3 Å². The summed E-state index contributed by atoms with van der Waals surface area (Å²) in [5, 5.41) is 14.4. The number of aromatic nitrogens is 2. The van der Waals surface area contributed by atoms with Crippen molar-refractivity contribution in [1.29, 1.82) is 0 Å². The second kappa shape index (κ2) is 9.81. The van der Waals surface area contributed by atoms with E-state index < -0.39 is 11.9 Å². The van der Waals surface area contributed by atoms with Crippen LogP contribution in [0.4, 0.5) is 10.8 Å². The van der Waals surface area contributed by atoms with Crippen LogP contribution < -0.4 is 21.9 Å². The number of amides is 1. The van der Waals surface area contributed by atoms with Crippen molar-refractivity contribution in [3.8, 4) is 10.4 Å². The minimum atomic E-state index is -1.22. The lowest BCUT2D eigenvalue weighted by atomic mass is 9.93. The van der Waals surface area contributed by atoms with Gasteiger partial charge in [-0.05, 0) is 48.6 Å². The van der Waals surface area contributed by atoms with Gasteiger partial charge in [0.25, 0.3) is 0 Å². The van der Waals surface area contributed by atoms with E-state index >= 15 is 0 Å². The standard InChI is InChI=1S/C21H22N6O3S/c1-12-19(31-21(25-12)27-20(22)23)13-4-2-6-16(8-13)26-17(28)9-15(10-18(29)30)14-5-3-7-24-11-14/h2-8,11,15H,9-10H2,1H3,(H,26,28)(H,29,30)(H4,22,23,25,27)/p-1. The molecular weight excluding hydrogens is 416 g/mol. The number of rotatable bonds is 8. The number of aliphatic imine (C=N–C) groups is 1. The van der Waals surface area contributed by atoms with Crippen LogP contribution in [0.5, 0.6) is 0 Å². The van der Waals surface area contributed by atoms with Crippen molar-refractivity contribution in [3.05, 3.63) is 60.0 Å². The molecule has 3 aromatic rings. The number of carbonyl (C=O) groups is 2. The number of benzene rings is 1. The maximum absolute atomic E-state index is 12.6. The summed E-state index contributed by atoms with van der Waals surface area (Å²) in [5.74, 6) is -2.14. The van der Waals surface area contributed by atoms with Crippen molar-refractivity contribution in [2.45, 2.75) is 25.7 Å². The first-order valence-corrected chi connectivity index (χ1v) is 10.2. The number of carbonyl (C=O) groups excluding carboxylic acids is 2. The number of nitrogens with zero attached hydrogens (tertiary/aromatic N) is 3. The minimum Gasteiger partial charge on any atom is -0.550 e. The molecule has 31 heavy (non-hydrogen) atoms. The van der Waals surface area contributed by atoms with E-state index in [9.17, 15) is 14.7 Å². The van der Waals surface area contributed by atoms with Crippen LogP contribution in [-0.2, 0) is 9.59 Å². The Morgan fingerprint density at radius 1 is 1.23 bits per heavy atom. The van der Waals surface area contributed by atoms with Gasteiger partial charge in [-0.1, -0.05) is 29.5 Å². The van der Waals surface area contributed by atoms with Crippen LogP contribution in [0, 0.1) is 6.92 Å². The molecule has 2 heterocycles. The zero-order valence-electron chi connectivity index (χ0n) is 16.7. The number of guanidine groups is 1. The summed E-state index contributed by atoms with van der Waals surface area (Å²) in [5.41, 5.74) is 13.7. The summed E-state index contributed by atoms with van der Waals surface area (Å²) >= 11 is 1.33. The Bertz CT molecular complexity index is 1110. The molecule has 0 aliphatic rings. The number of nitrogens with two attached hydrogens (primary N) is 2. The number of aryl methyl sites for hydroxylation is 1. The van der Waals surface area contributed by atoms with Crippen molar-refractivity contribution >= 4 is 40.0 Å². The van der Waals surface area contributed by atoms with Crippen molar-refractivity contribution in [1.82, 2.24) is 9.97 Å². The van der Waals surface area contributed by atoms with Gasteiger partial charge < -0.3 is 26.7 Å². The summed E-state index contributed by atoms with van der Waals surface area (Å²) < 4.78 is 0. The highest BCUT2D eigenvalue weighted by Gasteiger charge is 2.17. The molecular formula is C21H21N6O3S-. The van der Waals surface area contributed by atoms with E-state index in [-0.39, 0.29) is 24.7 Å². The maximum Gasteiger partial charge on any atom is 0.224 e. The molecule has 0 radical (unpaired) electrons. The molecule has 1 unspecified atom stereocenters. The first kappa shape index (κ1) is 21.9. The van der Waals surface area contributed by atoms with Crippen LogP contribution in [0.1, 0.15) is 30.0 Å². The molecule has 3 rings (SSSR count). The van der Waals surface area contributed by atoms with E-state index in [1.807, 2.05) is 25.1 Å². The molecule has 0 bridgehead atoms. The molecule has 2 aromatic heterocycles. The molecule has 1 amide bonds. The largest absolute Gasteiger partial charge is 0.550 e. The molecule has 0 spiro atoms. The van der Waals surface area contributed by atoms with Gasteiger partial charge in [0, 0.05) is 30.5 Å². The van der Waals surface area contributed by atoms with E-state index in [1.54, 1.807) is 30.6 Å². The zero-order chi connectivity index (χ0) is 22.4. The number of hydrogen-bond acceptors (Lipinski definition) is 7. The van der Waals surface area contributed by atoms with Crippen molar-refractivity contribution < 1.29 is 14.7 Å². The Labute approximate surface area is 182 Å². The molecule has 0 saturated heterocycles. The second-order valence-electron chi connectivity index (χ2n) is 6.84. The lowest BCUT2D eigenvalue weighted by molar-refractivity contribution is -0.306. The lowest BCUT2D eigenvalue weighted by Crippen LogP contribution is -2.26. The number of anilines is 1. The average molecular weight is 438 g/mol. The molecule has 0 aliphatic carbocycles. The van der Waals surface area contributed by atoms with Gasteiger partial charge >= 0.3 is 0 Å². The number of thiazole rings is 1. The molecule has 0 aliphatic heterocycles. The van der Waals surface area contributed by atoms with Gasteiger partial charge in [-0.2, -0.15) is 4.99 Å². The quantitative estimate of drug-likeness (QED) is 0.357. The SMILES string of the molecule is Cc1nc(N=C(N)N)sc1-c1cccc(NC(=O)CC(CC(=O)[O-])c2cccnc2)c1. The molecule has 0 fully saturated rings. The summed E-state index contributed by atoms with van der Waals surface area (Å²) in [4.78, 5) is 36.9. The molecule has 0 saturated carbocycles. The molecule has 160 valence electrons. The number of aliphatic carboxylic acids is 1. The smallest absolute Gasteiger partial charge is 0.224 e. The van der Waals surface area contributed by atoms with Crippen LogP contribution in [0.3, 0.4) is 0 Å². The van der Waals surface area contributed by atoms with Crippen molar-refractivity contribution in [2.75, 3.05) is 5.32 Å². The fourth-order valence-electron chi connectivity index (χ4n) is 3.11. The molecule has 10 heteroatoms. The fraction of sp³-hybridized carbons (Fsp3) is 0.190. The van der Waals surface area contributed by atoms with E-state index in [2.05, 4.69) is 20.3 Å². The molecule has 1 atom stereocenters. The van der Waals surface area contributed by atoms with Crippen molar-refractivity contribution in [3.63, 3.8) is 0 Å². The van der Waals surface area contributed by atoms with E-state index in [4.69, 9.17) is 11.5 Å². The summed E-state index contributed by atoms with van der Waals surface area (Å²) in [6.07, 6.45) is 2.86. The summed E-state index contributed by atoms with van der Waals surface area (Å²) in [7, 11) is 0. The van der Waals surface area contributed by atoms with Crippen LogP contribution in [0.25, 0.3) is 10.4 Å². The zero-order valence-corrected chi connectivity index (χ0v) is 17.6. The third-order valence-corrected chi connectivity index (χ3v) is 5.52. The minimum absolute atomic E-state index is 0.0157. The van der Waals surface area contributed by atoms with Crippen molar-refractivity contribution in [2.24, 2.45) is 16.5 Å². The Morgan fingerprint density at radius 2 is 2.03 bits per heavy atom. The van der Waals surface area contributed by atoms with Gasteiger partial charge in [-0.25, -0.2) is 4.98 Å². The van der Waals surface area contributed by atoms with E-state index in [0.717, 1.165) is 16.1 Å². The third kappa shape index (κ3) is 6.09. The number of hydrogen-bond donors (Lipinski definition) is 3. The number of pyridine rings is 1. The highest BCUT2D eigenvalue weighted by Crippen LogP contribution is 2.35. The highest BCUT2D eigenvalue weighted by atomic mass is 32.1. The van der Waals surface area contributed by atoms with Gasteiger partial charge in [-0.15, -0.1) is 0 Å². The van der Waals surface area contributed by atoms with Gasteiger partial charge in [-0.3, -0.25) is 9.78 Å². The van der Waals surface area contributed by atoms with Crippen LogP contribution in [-0.4, -0.2) is 27.8 Å². The monoisotopic (exact) mass is 437 g/mol. The Morgan fingerprint density at radius 3 is 2.71 bits per heavy atom. The Balaban J connectivity index is 1.76. The highest BCUT2D eigenvalue weighted by molar-refractivity contribution is 7.18. The maximum atomic E-state index is 12.6. The van der Waals surface area contributed by atoms with Gasteiger partial charge in [0.1, 0.15) is 0 Å². The predicted molar refractivity (Wildman–Crippen MR) is 118 cm³/mol. The van der Waals surface area contributed by atoms with E-state index in [1.165, 1.54) is 11.3 Å². The fourth-order valence-corrected chi connectivity index (χ4v) is 4.06. The Kier molecular flexibility index (Phi) is 6.93. The Hall–Kier alpha value is -3.79. The van der Waals surface area contributed by atoms with Gasteiger partial charge in [0.2, 0.25) is 11.0 Å². The normalized spacial score (nSPS) is 11.5. The predicted octanol–water partition coefficient (Wildman–Crippen LogP) is 1.67. The number of nitrogens with one attached hydrogen (secondary N) is 1. The number of carboxylic acid groups (broad SMARTS) is 1. The first-order valence-electron chi connectivity index (χ1n) is 9.39. The average Bonchev–Trinajstić information content (AvgIpc) is 3.07. The second-order valence-corrected chi connectivity index (χ2v) is 7.82. The van der Waals surface area contributed by atoms with Crippen LogP contribution in [0.15, 0.2) is 53.8 Å². The van der Waals surface area contributed by atoms with Gasteiger partial charge in [0.05, 0.1) is 10.6 Å². The summed E-state index contributed by atoms with van der Waals surface area (Å²) in [6, 6.07) is 10.7. The third-order valence-electron chi connectivity index (χ3n) is 4.42. The van der Waals surface area contributed by atoms with E-state index in [0.29, 0.717) is 16.4 Å². The first-order chi connectivity index (χ1) is 14.8. The molecule has 1 aromatic carbocycles. The number of carboxylic acids is 1.